The summed E-state index contributed by atoms with van der Waals surface area (Å²) < 4.78 is 0.981. The highest BCUT2D eigenvalue weighted by molar-refractivity contribution is 9.10. The van der Waals surface area contributed by atoms with Crippen LogP contribution in [0.3, 0.4) is 0 Å². The zero-order chi connectivity index (χ0) is 15.4. The van der Waals surface area contributed by atoms with Crippen molar-refractivity contribution < 1.29 is 4.79 Å². The Morgan fingerprint density at radius 3 is 2.95 bits per heavy atom. The average Bonchev–Trinajstić information content (AvgIpc) is 2.45. The van der Waals surface area contributed by atoms with Crippen molar-refractivity contribution >= 4 is 39.3 Å². The summed E-state index contributed by atoms with van der Waals surface area (Å²) in [5, 5.41) is 3.19. The minimum Gasteiger partial charge on any atom is -0.398 e. The predicted molar refractivity (Wildman–Crippen MR) is 93.4 cm³/mol. The van der Waals surface area contributed by atoms with Crippen LogP contribution in [-0.4, -0.2) is 17.7 Å². The monoisotopic (exact) mass is 370 g/mol. The number of thioether (sulfide) groups is 1. The number of nitrogen functional groups attached to an aromatic ring is 1. The molecular weight excluding hydrogens is 348 g/mol. The Morgan fingerprint density at radius 2 is 2.19 bits per heavy atom. The van der Waals surface area contributed by atoms with E-state index in [0.29, 0.717) is 23.6 Å². The minimum atomic E-state index is 0.102. The largest absolute Gasteiger partial charge is 0.398 e. The Morgan fingerprint density at radius 1 is 1.43 bits per heavy atom. The summed E-state index contributed by atoms with van der Waals surface area (Å²) >= 11 is 4.92. The number of carbonyl (C=O) groups is 1. The summed E-state index contributed by atoms with van der Waals surface area (Å²) in [5.41, 5.74) is 6.64. The van der Waals surface area contributed by atoms with Crippen LogP contribution in [0.15, 0.2) is 27.6 Å². The number of anilines is 1. The third-order valence-corrected chi connectivity index (χ3v) is 5.95. The normalized spacial score (nSPS) is 25.6. The first kappa shape index (κ1) is 16.7. The Balaban J connectivity index is 1.86. The maximum atomic E-state index is 12.1. The number of halogens is 1. The molecule has 0 heterocycles. The molecular formula is C16H23BrN2OS. The highest BCUT2D eigenvalue weighted by Crippen LogP contribution is 2.30. The van der Waals surface area contributed by atoms with Crippen molar-refractivity contribution in [2.24, 2.45) is 11.8 Å². The van der Waals surface area contributed by atoms with Gasteiger partial charge in [-0.3, -0.25) is 4.79 Å². The molecule has 3 N–H and O–H groups in total. The van der Waals surface area contributed by atoms with Gasteiger partial charge in [0.25, 0.3) is 0 Å². The molecule has 21 heavy (non-hydrogen) atoms. The molecule has 1 aliphatic rings. The van der Waals surface area contributed by atoms with E-state index in [1.807, 2.05) is 18.2 Å². The molecule has 3 nitrogen and oxygen atoms in total. The fourth-order valence-electron chi connectivity index (χ4n) is 2.81. The molecule has 2 rings (SSSR count). The van der Waals surface area contributed by atoms with Crippen molar-refractivity contribution in [3.05, 3.63) is 22.7 Å². The summed E-state index contributed by atoms with van der Waals surface area (Å²) in [6.07, 6.45) is 3.58. The lowest BCUT2D eigenvalue weighted by Gasteiger charge is -2.34. The van der Waals surface area contributed by atoms with Crippen LogP contribution in [0.2, 0.25) is 0 Å². The second-order valence-corrected chi connectivity index (χ2v) is 7.84. The smallest absolute Gasteiger partial charge is 0.230 e. The molecule has 0 saturated heterocycles. The van der Waals surface area contributed by atoms with Crippen LogP contribution in [0.4, 0.5) is 5.69 Å². The number of hydrogen-bond donors (Lipinski definition) is 2. The highest BCUT2D eigenvalue weighted by atomic mass is 79.9. The topological polar surface area (TPSA) is 55.1 Å². The first-order valence-corrected chi connectivity index (χ1v) is 9.22. The van der Waals surface area contributed by atoms with Gasteiger partial charge in [0, 0.05) is 21.1 Å². The second-order valence-electron chi connectivity index (χ2n) is 5.91. The van der Waals surface area contributed by atoms with Gasteiger partial charge >= 0.3 is 0 Å². The van der Waals surface area contributed by atoms with Crippen LogP contribution >= 0.6 is 27.7 Å². The number of benzene rings is 1. The van der Waals surface area contributed by atoms with Gasteiger partial charge in [0.1, 0.15) is 0 Å². The predicted octanol–water partition coefficient (Wildman–Crippen LogP) is 4.06. The van der Waals surface area contributed by atoms with Gasteiger partial charge in [0.2, 0.25) is 5.91 Å². The Labute approximate surface area is 139 Å². The second kappa shape index (κ2) is 7.54. The van der Waals surface area contributed by atoms with Gasteiger partial charge < -0.3 is 11.1 Å². The van der Waals surface area contributed by atoms with Crippen molar-refractivity contribution in [3.8, 4) is 0 Å². The molecule has 3 atom stereocenters. The molecule has 1 aromatic rings. The van der Waals surface area contributed by atoms with Gasteiger partial charge in [-0.05, 0) is 36.5 Å². The van der Waals surface area contributed by atoms with Crippen LogP contribution in [0.1, 0.15) is 33.1 Å². The fraction of sp³-hybridized carbons (Fsp3) is 0.562. The van der Waals surface area contributed by atoms with Gasteiger partial charge in [0.05, 0.1) is 5.75 Å². The molecule has 0 radical (unpaired) electrons. The van der Waals surface area contributed by atoms with Crippen LogP contribution in [0.25, 0.3) is 0 Å². The summed E-state index contributed by atoms with van der Waals surface area (Å²) in [6.45, 7) is 4.52. The van der Waals surface area contributed by atoms with Gasteiger partial charge in [-0.1, -0.05) is 42.6 Å². The lowest BCUT2D eigenvalue weighted by atomic mass is 9.78. The molecule has 1 aliphatic carbocycles. The molecule has 0 aliphatic heterocycles. The summed E-state index contributed by atoms with van der Waals surface area (Å²) in [5.74, 6) is 1.77. The zero-order valence-corrected chi connectivity index (χ0v) is 15.0. The van der Waals surface area contributed by atoms with Gasteiger partial charge in [-0.25, -0.2) is 0 Å². The van der Waals surface area contributed by atoms with Crippen molar-refractivity contribution in [2.45, 2.75) is 44.0 Å². The number of nitrogens with two attached hydrogens (primary N) is 1. The number of hydrogen-bond acceptors (Lipinski definition) is 3. The van der Waals surface area contributed by atoms with Gasteiger partial charge in [-0.15, -0.1) is 11.8 Å². The first-order valence-electron chi connectivity index (χ1n) is 7.44. The molecule has 1 aromatic carbocycles. The van der Waals surface area contributed by atoms with Crippen molar-refractivity contribution in [3.63, 3.8) is 0 Å². The molecule has 116 valence electrons. The van der Waals surface area contributed by atoms with Gasteiger partial charge in [-0.2, -0.15) is 0 Å². The number of nitrogens with one attached hydrogen (secondary N) is 1. The maximum Gasteiger partial charge on any atom is 0.230 e. The van der Waals surface area contributed by atoms with Crippen LogP contribution in [-0.2, 0) is 4.79 Å². The van der Waals surface area contributed by atoms with E-state index in [2.05, 4.69) is 35.1 Å². The van der Waals surface area contributed by atoms with E-state index in [9.17, 15) is 4.79 Å². The third-order valence-electron chi connectivity index (χ3n) is 4.39. The Hall–Kier alpha value is -0.680. The van der Waals surface area contributed by atoms with Gasteiger partial charge in [0.15, 0.2) is 0 Å². The van der Waals surface area contributed by atoms with E-state index in [1.165, 1.54) is 24.6 Å². The van der Waals surface area contributed by atoms with E-state index < -0.39 is 0 Å². The van der Waals surface area contributed by atoms with E-state index >= 15 is 0 Å². The zero-order valence-electron chi connectivity index (χ0n) is 12.6. The molecule has 1 saturated carbocycles. The highest BCUT2D eigenvalue weighted by Gasteiger charge is 2.27. The van der Waals surface area contributed by atoms with Crippen LogP contribution < -0.4 is 11.1 Å². The number of rotatable bonds is 4. The molecule has 1 amide bonds. The van der Waals surface area contributed by atoms with Crippen LogP contribution in [0, 0.1) is 11.8 Å². The standard InChI is InChI=1S/C16H23BrN2OS/c1-10-4-3-5-14(11(10)2)19-16(20)9-21-15-8-12(17)6-7-13(15)18/h6-8,10-11,14H,3-5,9,18H2,1-2H3,(H,19,20). The lowest BCUT2D eigenvalue weighted by Crippen LogP contribution is -2.44. The summed E-state index contributed by atoms with van der Waals surface area (Å²) in [7, 11) is 0. The molecule has 0 bridgehead atoms. The molecule has 3 unspecified atom stereocenters. The molecule has 5 heteroatoms. The van der Waals surface area contributed by atoms with E-state index in [1.54, 1.807) is 0 Å². The maximum absolute atomic E-state index is 12.1. The van der Waals surface area contributed by atoms with E-state index in [0.717, 1.165) is 21.5 Å². The van der Waals surface area contributed by atoms with E-state index in [-0.39, 0.29) is 5.91 Å². The Kier molecular flexibility index (Phi) is 5.99. The Bertz CT molecular complexity index is 509. The third kappa shape index (κ3) is 4.65. The summed E-state index contributed by atoms with van der Waals surface area (Å²) in [4.78, 5) is 13.1. The number of carbonyl (C=O) groups excluding carboxylic acids is 1. The fourth-order valence-corrected chi connectivity index (χ4v) is 4.14. The minimum absolute atomic E-state index is 0.102. The quantitative estimate of drug-likeness (QED) is 0.620. The van der Waals surface area contributed by atoms with Crippen LogP contribution in [0.5, 0.6) is 0 Å². The first-order chi connectivity index (χ1) is 9.97. The molecule has 0 spiro atoms. The van der Waals surface area contributed by atoms with Crippen molar-refractivity contribution in [1.29, 1.82) is 0 Å². The van der Waals surface area contributed by atoms with Crippen molar-refractivity contribution in [2.75, 3.05) is 11.5 Å². The number of amides is 1. The van der Waals surface area contributed by atoms with E-state index in [4.69, 9.17) is 5.73 Å². The lowest BCUT2D eigenvalue weighted by molar-refractivity contribution is -0.119. The van der Waals surface area contributed by atoms with Crippen molar-refractivity contribution in [1.82, 2.24) is 5.32 Å². The molecule has 1 fully saturated rings. The SMILES string of the molecule is CC1CCCC(NC(=O)CSc2cc(Br)ccc2N)C1C. The summed E-state index contributed by atoms with van der Waals surface area (Å²) in [6, 6.07) is 6.04. The molecule has 0 aromatic heterocycles. The average molecular weight is 371 g/mol.